The van der Waals surface area contributed by atoms with Crippen LogP contribution in [0.1, 0.15) is 0 Å². The zero-order valence-corrected chi connectivity index (χ0v) is 9.76. The number of imidazole rings is 1. The summed E-state index contributed by atoms with van der Waals surface area (Å²) in [5.41, 5.74) is 8.03. The molecule has 0 radical (unpaired) electrons. The maximum Gasteiger partial charge on any atom is 0.207 e. The molecular formula is C10H9ClN6. The Morgan fingerprint density at radius 3 is 2.88 bits per heavy atom. The molecule has 0 amide bonds. The van der Waals surface area contributed by atoms with Crippen molar-refractivity contribution in [3.63, 3.8) is 0 Å². The van der Waals surface area contributed by atoms with Gasteiger partial charge in [-0.1, -0.05) is 11.6 Å². The van der Waals surface area contributed by atoms with Crippen molar-refractivity contribution in [3.8, 4) is 5.69 Å². The molecule has 86 valence electrons. The molecule has 0 atom stereocenters. The first-order chi connectivity index (χ1) is 8.15. The number of aryl methyl sites for hydroxylation is 1. The fourth-order valence-corrected chi connectivity index (χ4v) is 1.89. The number of nitrogen functional groups attached to an aromatic ring is 1. The van der Waals surface area contributed by atoms with Crippen LogP contribution in [0.5, 0.6) is 0 Å². The van der Waals surface area contributed by atoms with Crippen molar-refractivity contribution in [2.45, 2.75) is 0 Å². The van der Waals surface area contributed by atoms with Gasteiger partial charge in [0.2, 0.25) is 5.95 Å². The highest BCUT2D eigenvalue weighted by atomic mass is 35.5. The van der Waals surface area contributed by atoms with Gasteiger partial charge in [0.25, 0.3) is 0 Å². The molecule has 0 saturated heterocycles. The Morgan fingerprint density at radius 2 is 2.18 bits per heavy atom. The summed E-state index contributed by atoms with van der Waals surface area (Å²) in [5.74, 6) is 0.364. The Bertz CT molecular complexity index is 698. The average Bonchev–Trinajstić information content (AvgIpc) is 2.80. The third kappa shape index (κ3) is 1.53. The number of hydrogen-bond donors (Lipinski definition) is 1. The number of pyridine rings is 1. The molecule has 0 aliphatic heterocycles. The standard InChI is InChI=1S/C10H9ClN6/c1-16-5-7(4-14-16)17-9-8(15-10(17)12)2-6(11)3-13-9/h2-5H,1H3,(H2,12,15). The summed E-state index contributed by atoms with van der Waals surface area (Å²) in [4.78, 5) is 8.45. The quantitative estimate of drug-likeness (QED) is 0.706. The van der Waals surface area contributed by atoms with E-state index in [9.17, 15) is 0 Å². The lowest BCUT2D eigenvalue weighted by molar-refractivity contribution is 0.767. The van der Waals surface area contributed by atoms with Gasteiger partial charge in [0.15, 0.2) is 5.65 Å². The topological polar surface area (TPSA) is 74.5 Å². The molecule has 0 saturated carbocycles. The minimum Gasteiger partial charge on any atom is -0.369 e. The molecule has 3 aromatic rings. The van der Waals surface area contributed by atoms with Crippen LogP contribution >= 0.6 is 11.6 Å². The number of rotatable bonds is 1. The van der Waals surface area contributed by atoms with Crippen molar-refractivity contribution >= 4 is 28.7 Å². The van der Waals surface area contributed by atoms with Gasteiger partial charge < -0.3 is 5.73 Å². The predicted molar refractivity (Wildman–Crippen MR) is 65.1 cm³/mol. The van der Waals surface area contributed by atoms with Crippen LogP contribution in [-0.4, -0.2) is 24.3 Å². The zero-order valence-electron chi connectivity index (χ0n) is 9.00. The van der Waals surface area contributed by atoms with Crippen LogP contribution in [0.15, 0.2) is 24.7 Å². The third-order valence-electron chi connectivity index (χ3n) is 2.44. The van der Waals surface area contributed by atoms with E-state index in [1.165, 1.54) is 0 Å². The van der Waals surface area contributed by atoms with E-state index in [-0.39, 0.29) is 0 Å². The van der Waals surface area contributed by atoms with E-state index in [0.717, 1.165) is 5.69 Å². The summed E-state index contributed by atoms with van der Waals surface area (Å²) in [6, 6.07) is 1.73. The minimum atomic E-state index is 0.364. The summed E-state index contributed by atoms with van der Waals surface area (Å²) >= 11 is 5.86. The highest BCUT2D eigenvalue weighted by Gasteiger charge is 2.12. The molecule has 0 unspecified atom stereocenters. The minimum absolute atomic E-state index is 0.364. The third-order valence-corrected chi connectivity index (χ3v) is 2.65. The zero-order chi connectivity index (χ0) is 12.0. The molecular weight excluding hydrogens is 240 g/mol. The lowest BCUT2D eigenvalue weighted by atomic mass is 10.4. The van der Waals surface area contributed by atoms with Crippen LogP contribution in [0.3, 0.4) is 0 Å². The molecule has 0 spiro atoms. The smallest absolute Gasteiger partial charge is 0.207 e. The lowest BCUT2D eigenvalue weighted by Gasteiger charge is -2.00. The Labute approximate surface area is 102 Å². The maximum atomic E-state index is 5.88. The summed E-state index contributed by atoms with van der Waals surface area (Å²) < 4.78 is 3.43. The number of hydrogen-bond acceptors (Lipinski definition) is 4. The van der Waals surface area contributed by atoms with Gasteiger partial charge in [-0.25, -0.2) is 9.97 Å². The van der Waals surface area contributed by atoms with Gasteiger partial charge >= 0.3 is 0 Å². The first-order valence-corrected chi connectivity index (χ1v) is 5.31. The molecule has 0 aliphatic rings. The van der Waals surface area contributed by atoms with Crippen molar-refractivity contribution in [2.75, 3.05) is 5.73 Å². The number of fused-ring (bicyclic) bond motifs is 1. The monoisotopic (exact) mass is 248 g/mol. The van der Waals surface area contributed by atoms with Crippen LogP contribution < -0.4 is 5.73 Å². The van der Waals surface area contributed by atoms with E-state index >= 15 is 0 Å². The number of halogens is 1. The molecule has 0 aliphatic carbocycles. The van der Waals surface area contributed by atoms with E-state index < -0.39 is 0 Å². The summed E-state index contributed by atoms with van der Waals surface area (Å²) in [6.45, 7) is 0. The van der Waals surface area contributed by atoms with Crippen molar-refractivity contribution in [1.29, 1.82) is 0 Å². The molecule has 3 aromatic heterocycles. The molecule has 2 N–H and O–H groups in total. The normalized spacial score (nSPS) is 11.2. The van der Waals surface area contributed by atoms with Crippen molar-refractivity contribution < 1.29 is 0 Å². The Morgan fingerprint density at radius 1 is 1.35 bits per heavy atom. The Balaban J connectivity index is 2.32. The average molecular weight is 249 g/mol. The molecule has 17 heavy (non-hydrogen) atoms. The van der Waals surface area contributed by atoms with E-state index in [1.54, 1.807) is 27.7 Å². The molecule has 0 fully saturated rings. The first kappa shape index (κ1) is 10.1. The number of nitrogens with zero attached hydrogens (tertiary/aromatic N) is 5. The maximum absolute atomic E-state index is 5.88. The second kappa shape index (κ2) is 3.46. The second-order valence-corrected chi connectivity index (χ2v) is 4.11. The molecule has 0 bridgehead atoms. The summed E-state index contributed by atoms with van der Waals surface area (Å²) in [7, 11) is 1.84. The van der Waals surface area contributed by atoms with Gasteiger partial charge in [0.05, 0.1) is 16.9 Å². The Kier molecular flexibility index (Phi) is 2.05. The highest BCUT2D eigenvalue weighted by molar-refractivity contribution is 6.31. The number of anilines is 1. The van der Waals surface area contributed by atoms with Crippen molar-refractivity contribution in [1.82, 2.24) is 24.3 Å². The molecule has 0 aromatic carbocycles. The van der Waals surface area contributed by atoms with Gasteiger partial charge in [-0.3, -0.25) is 9.25 Å². The fourth-order valence-electron chi connectivity index (χ4n) is 1.74. The van der Waals surface area contributed by atoms with Crippen LogP contribution in [-0.2, 0) is 7.05 Å². The summed E-state index contributed by atoms with van der Waals surface area (Å²) in [5, 5.41) is 4.63. The van der Waals surface area contributed by atoms with E-state index in [4.69, 9.17) is 17.3 Å². The van der Waals surface area contributed by atoms with Gasteiger partial charge in [0, 0.05) is 19.4 Å². The van der Waals surface area contributed by atoms with Gasteiger partial charge in [-0.05, 0) is 6.07 Å². The number of nitrogens with two attached hydrogens (primary N) is 1. The van der Waals surface area contributed by atoms with Crippen LogP contribution in [0.4, 0.5) is 5.95 Å². The molecule has 7 heteroatoms. The lowest BCUT2D eigenvalue weighted by Crippen LogP contribution is -2.00. The van der Waals surface area contributed by atoms with E-state index in [2.05, 4.69) is 15.1 Å². The molecule has 3 heterocycles. The van der Waals surface area contributed by atoms with Crippen LogP contribution in [0.2, 0.25) is 5.02 Å². The van der Waals surface area contributed by atoms with Crippen LogP contribution in [0.25, 0.3) is 16.9 Å². The molecule has 6 nitrogen and oxygen atoms in total. The van der Waals surface area contributed by atoms with E-state index in [1.807, 2.05) is 13.2 Å². The van der Waals surface area contributed by atoms with Crippen molar-refractivity contribution in [3.05, 3.63) is 29.7 Å². The SMILES string of the molecule is Cn1cc(-n2c(N)nc3cc(Cl)cnc32)cn1. The largest absolute Gasteiger partial charge is 0.369 e. The fraction of sp³-hybridized carbons (Fsp3) is 0.100. The van der Waals surface area contributed by atoms with E-state index in [0.29, 0.717) is 22.1 Å². The highest BCUT2D eigenvalue weighted by Crippen LogP contribution is 2.22. The van der Waals surface area contributed by atoms with Gasteiger partial charge in [0.1, 0.15) is 5.52 Å². The first-order valence-electron chi connectivity index (χ1n) is 4.93. The van der Waals surface area contributed by atoms with Gasteiger partial charge in [-0.2, -0.15) is 5.10 Å². The number of aromatic nitrogens is 5. The van der Waals surface area contributed by atoms with Gasteiger partial charge in [-0.15, -0.1) is 0 Å². The Hall–Kier alpha value is -2.08. The second-order valence-electron chi connectivity index (χ2n) is 3.67. The molecule has 3 rings (SSSR count). The van der Waals surface area contributed by atoms with Crippen LogP contribution in [0, 0.1) is 0 Å². The predicted octanol–water partition coefficient (Wildman–Crippen LogP) is 1.39. The van der Waals surface area contributed by atoms with Crippen molar-refractivity contribution in [2.24, 2.45) is 7.05 Å². The summed E-state index contributed by atoms with van der Waals surface area (Å²) in [6.07, 6.45) is 5.11.